The van der Waals surface area contributed by atoms with Crippen LogP contribution in [-0.2, 0) is 17.8 Å². The van der Waals surface area contributed by atoms with Gasteiger partial charge in [-0.1, -0.05) is 43.3 Å². The van der Waals surface area contributed by atoms with E-state index in [-0.39, 0.29) is 0 Å². The van der Waals surface area contributed by atoms with Crippen molar-refractivity contribution < 1.29 is 10.0 Å². The van der Waals surface area contributed by atoms with Gasteiger partial charge >= 0.3 is 0 Å². The molecule has 1 aromatic heterocycles. The summed E-state index contributed by atoms with van der Waals surface area (Å²) in [7, 11) is 0. The average Bonchev–Trinajstić information content (AvgIpc) is 3.20. The Kier molecular flexibility index (Phi) is 6.63. The quantitative estimate of drug-likeness (QED) is 0.314. The Morgan fingerprint density at radius 3 is 2.68 bits per heavy atom. The number of carbonyl (C=O) groups excluding carboxylic acids is 1. The molecule has 0 saturated carbocycles. The first-order chi connectivity index (χ1) is 13.6. The number of nitrogens with one attached hydrogen (secondary N) is 2. The Labute approximate surface area is 165 Å². The van der Waals surface area contributed by atoms with E-state index in [9.17, 15) is 4.79 Å². The first-order valence-corrected chi connectivity index (χ1v) is 9.59. The van der Waals surface area contributed by atoms with Crippen molar-refractivity contribution in [1.29, 1.82) is 0 Å². The Morgan fingerprint density at radius 1 is 1.18 bits per heavy atom. The lowest BCUT2D eigenvalue weighted by Crippen LogP contribution is -2.25. The topological polar surface area (TPSA) is 68.4 Å². The third-order valence-corrected chi connectivity index (χ3v) is 5.10. The summed E-state index contributed by atoms with van der Waals surface area (Å²) in [4.78, 5) is 17.0. The average molecular weight is 377 g/mol. The molecule has 146 valence electrons. The van der Waals surface area contributed by atoms with Gasteiger partial charge in [0, 0.05) is 36.3 Å². The van der Waals surface area contributed by atoms with E-state index in [2.05, 4.69) is 53.2 Å². The number of carbonyl (C=O) groups is 1. The molecule has 3 aromatic rings. The molecule has 5 heteroatoms. The predicted octanol–water partition coefficient (Wildman–Crippen LogP) is 4.14. The molecule has 3 rings (SSSR count). The molecule has 0 aliphatic heterocycles. The van der Waals surface area contributed by atoms with Crippen molar-refractivity contribution >= 4 is 22.4 Å². The number of H-pyrrole nitrogens is 1. The maximum atomic E-state index is 11.3. The molecule has 1 heterocycles. The number of hydrogen-bond donors (Lipinski definition) is 3. The van der Waals surface area contributed by atoms with E-state index in [0.29, 0.717) is 0 Å². The van der Waals surface area contributed by atoms with Crippen molar-refractivity contribution in [1.82, 2.24) is 15.4 Å². The molecule has 28 heavy (non-hydrogen) atoms. The van der Waals surface area contributed by atoms with Crippen molar-refractivity contribution in [2.24, 2.45) is 0 Å². The van der Waals surface area contributed by atoms with E-state index in [4.69, 9.17) is 5.21 Å². The van der Waals surface area contributed by atoms with Crippen LogP contribution in [0.1, 0.15) is 30.5 Å². The van der Waals surface area contributed by atoms with E-state index < -0.39 is 5.91 Å². The number of rotatable bonds is 8. The largest absolute Gasteiger partial charge is 0.361 e. The van der Waals surface area contributed by atoms with Gasteiger partial charge in [0.1, 0.15) is 0 Å². The highest BCUT2D eigenvalue weighted by Crippen LogP contribution is 2.19. The van der Waals surface area contributed by atoms with Crippen LogP contribution < -0.4 is 5.48 Å². The Hall–Kier alpha value is -2.89. The molecule has 0 atom stereocenters. The lowest BCUT2D eigenvalue weighted by molar-refractivity contribution is -0.124. The van der Waals surface area contributed by atoms with E-state index in [0.717, 1.165) is 37.2 Å². The number of hydroxylamine groups is 1. The van der Waals surface area contributed by atoms with Crippen LogP contribution in [0, 0.1) is 0 Å². The fourth-order valence-electron chi connectivity index (χ4n) is 3.44. The smallest absolute Gasteiger partial charge is 0.267 e. The van der Waals surface area contributed by atoms with Gasteiger partial charge in [-0.3, -0.25) is 14.9 Å². The van der Waals surface area contributed by atoms with Crippen LogP contribution in [0.3, 0.4) is 0 Å². The molecule has 0 spiro atoms. The maximum absolute atomic E-state index is 11.3. The van der Waals surface area contributed by atoms with Crippen LogP contribution >= 0.6 is 0 Å². The second-order valence-electron chi connectivity index (χ2n) is 6.98. The highest BCUT2D eigenvalue weighted by Gasteiger charge is 2.08. The summed E-state index contributed by atoms with van der Waals surface area (Å²) < 4.78 is 0. The van der Waals surface area contributed by atoms with Crippen LogP contribution in [0.5, 0.6) is 0 Å². The summed E-state index contributed by atoms with van der Waals surface area (Å²) in [5.41, 5.74) is 7.20. The summed E-state index contributed by atoms with van der Waals surface area (Å²) in [6, 6.07) is 16.8. The number of allylic oxidation sites excluding steroid dienone is 1. The zero-order chi connectivity index (χ0) is 19.9. The van der Waals surface area contributed by atoms with Crippen LogP contribution in [0.15, 0.2) is 60.8 Å². The van der Waals surface area contributed by atoms with E-state index >= 15 is 0 Å². The highest BCUT2D eigenvalue weighted by atomic mass is 16.5. The number of likely N-dealkylation sites (N-methyl/N-ethyl adjacent to an activating group) is 1. The van der Waals surface area contributed by atoms with Gasteiger partial charge in [0.2, 0.25) is 0 Å². The van der Waals surface area contributed by atoms with E-state index in [1.165, 1.54) is 28.1 Å². The van der Waals surface area contributed by atoms with Gasteiger partial charge < -0.3 is 4.98 Å². The van der Waals surface area contributed by atoms with Gasteiger partial charge in [0.25, 0.3) is 5.91 Å². The van der Waals surface area contributed by atoms with Gasteiger partial charge in [-0.25, -0.2) is 5.48 Å². The molecule has 0 bridgehead atoms. The van der Waals surface area contributed by atoms with Crippen LogP contribution in [-0.4, -0.2) is 34.1 Å². The summed E-state index contributed by atoms with van der Waals surface area (Å²) in [6.07, 6.45) is 4.39. The number of fused-ring (bicyclic) bond motifs is 1. The van der Waals surface area contributed by atoms with Crippen molar-refractivity contribution in [3.8, 4) is 0 Å². The second kappa shape index (κ2) is 9.35. The van der Waals surface area contributed by atoms with Crippen LogP contribution in [0.4, 0.5) is 0 Å². The van der Waals surface area contributed by atoms with Gasteiger partial charge in [-0.2, -0.15) is 0 Å². The molecular weight excluding hydrogens is 350 g/mol. The number of amides is 1. The summed E-state index contributed by atoms with van der Waals surface area (Å²) in [5.74, 6) is -0.517. The second-order valence-corrected chi connectivity index (χ2v) is 6.98. The molecule has 0 aliphatic rings. The first-order valence-electron chi connectivity index (χ1n) is 9.59. The van der Waals surface area contributed by atoms with E-state index in [1.807, 2.05) is 25.3 Å². The minimum atomic E-state index is -0.517. The molecular formula is C23H27N3O2. The Morgan fingerprint density at radius 2 is 1.96 bits per heavy atom. The van der Waals surface area contributed by atoms with Gasteiger partial charge in [0.05, 0.1) is 0 Å². The lowest BCUT2D eigenvalue weighted by Gasteiger charge is -2.21. The third-order valence-electron chi connectivity index (χ3n) is 5.10. The zero-order valence-corrected chi connectivity index (χ0v) is 16.4. The van der Waals surface area contributed by atoms with Gasteiger partial charge in [-0.15, -0.1) is 0 Å². The number of nitrogens with zero attached hydrogens (tertiary/aromatic N) is 1. The lowest BCUT2D eigenvalue weighted by atomic mass is 10.0. The van der Waals surface area contributed by atoms with Crippen molar-refractivity contribution in [2.75, 3.05) is 13.1 Å². The van der Waals surface area contributed by atoms with E-state index in [1.54, 1.807) is 5.48 Å². The Balaban J connectivity index is 1.62. The predicted molar refractivity (Wildman–Crippen MR) is 113 cm³/mol. The van der Waals surface area contributed by atoms with Crippen LogP contribution in [0.25, 0.3) is 16.5 Å². The molecule has 0 saturated heterocycles. The molecule has 0 radical (unpaired) electrons. The monoisotopic (exact) mass is 377 g/mol. The molecule has 0 unspecified atom stereocenters. The van der Waals surface area contributed by atoms with Crippen molar-refractivity contribution in [3.63, 3.8) is 0 Å². The van der Waals surface area contributed by atoms with Crippen molar-refractivity contribution in [3.05, 3.63) is 77.5 Å². The number of aromatic amines is 1. The summed E-state index contributed by atoms with van der Waals surface area (Å²) in [5, 5.41) is 9.93. The molecule has 1 amide bonds. The van der Waals surface area contributed by atoms with Crippen LogP contribution in [0.2, 0.25) is 0 Å². The first kappa shape index (κ1) is 19.9. The Bertz CT molecular complexity index is 957. The summed E-state index contributed by atoms with van der Waals surface area (Å²) >= 11 is 0. The SMILES string of the molecule is CCN(CCc1cccc2[nH]ccc12)Cc1ccc(/C(C)=C/C(=O)NO)cc1. The number of hydrogen-bond acceptors (Lipinski definition) is 3. The summed E-state index contributed by atoms with van der Waals surface area (Å²) in [6.45, 7) is 6.91. The fourth-order valence-corrected chi connectivity index (χ4v) is 3.44. The molecule has 5 nitrogen and oxygen atoms in total. The maximum Gasteiger partial charge on any atom is 0.267 e. The third kappa shape index (κ3) is 4.88. The minimum Gasteiger partial charge on any atom is -0.361 e. The standard InChI is InChI=1S/C23H27N3O2/c1-3-26(14-12-20-5-4-6-22-21(20)11-13-24-22)16-18-7-9-19(10-8-18)17(2)15-23(27)25-28/h4-11,13,15,24,28H,3,12,14,16H2,1-2H3,(H,25,27)/b17-15+. The number of benzene rings is 2. The molecule has 3 N–H and O–H groups in total. The highest BCUT2D eigenvalue weighted by molar-refractivity contribution is 5.94. The molecule has 2 aromatic carbocycles. The minimum absolute atomic E-state index is 0.517. The molecule has 0 fully saturated rings. The zero-order valence-electron chi connectivity index (χ0n) is 16.4. The van der Waals surface area contributed by atoms with Gasteiger partial charge in [-0.05, 0) is 54.3 Å². The molecule has 0 aliphatic carbocycles. The van der Waals surface area contributed by atoms with Crippen molar-refractivity contribution in [2.45, 2.75) is 26.8 Å². The normalized spacial score (nSPS) is 11.9. The fraction of sp³-hybridized carbons (Fsp3) is 0.261. The number of aromatic nitrogens is 1. The van der Waals surface area contributed by atoms with Gasteiger partial charge in [0.15, 0.2) is 0 Å².